The molecule has 2 heterocycles. The van der Waals surface area contributed by atoms with E-state index in [1.807, 2.05) is 36.4 Å². The summed E-state index contributed by atoms with van der Waals surface area (Å²) in [6, 6.07) is 9.77. The van der Waals surface area contributed by atoms with Crippen molar-refractivity contribution >= 4 is 17.8 Å². The number of benzene rings is 1. The third-order valence-electron chi connectivity index (χ3n) is 3.86. The molecule has 1 N–H and O–H groups in total. The predicted molar refractivity (Wildman–Crippen MR) is 92.3 cm³/mol. The Balaban J connectivity index is 1.69. The fourth-order valence-corrected chi connectivity index (χ4v) is 2.63. The minimum Gasteiger partial charge on any atom is -0.372 e. The summed E-state index contributed by atoms with van der Waals surface area (Å²) in [5, 5.41) is 3.01. The lowest BCUT2D eigenvalue weighted by atomic mass is 10.1. The summed E-state index contributed by atoms with van der Waals surface area (Å²) in [7, 11) is 1.79. The van der Waals surface area contributed by atoms with Crippen molar-refractivity contribution in [1.29, 1.82) is 0 Å². The molecule has 6 heteroatoms. The van der Waals surface area contributed by atoms with Crippen LogP contribution in [0.4, 0.5) is 5.82 Å². The van der Waals surface area contributed by atoms with Gasteiger partial charge in [0.15, 0.2) is 0 Å². The molecule has 0 saturated carbocycles. The number of rotatable bonds is 4. The van der Waals surface area contributed by atoms with Gasteiger partial charge < -0.3 is 15.0 Å². The number of aromatic nitrogens is 2. The highest BCUT2D eigenvalue weighted by Crippen LogP contribution is 2.25. The van der Waals surface area contributed by atoms with Crippen LogP contribution >= 0.6 is 0 Å². The Morgan fingerprint density at radius 3 is 2.88 bits per heavy atom. The van der Waals surface area contributed by atoms with Gasteiger partial charge in [0.1, 0.15) is 17.6 Å². The van der Waals surface area contributed by atoms with Gasteiger partial charge in [0.25, 0.3) is 0 Å². The van der Waals surface area contributed by atoms with Gasteiger partial charge in [0, 0.05) is 32.1 Å². The summed E-state index contributed by atoms with van der Waals surface area (Å²) in [6.07, 6.45) is 6.42. The second-order valence-electron chi connectivity index (χ2n) is 5.43. The van der Waals surface area contributed by atoms with Crippen LogP contribution in [0.3, 0.4) is 0 Å². The smallest absolute Gasteiger partial charge is 0.246 e. The van der Waals surface area contributed by atoms with Gasteiger partial charge >= 0.3 is 0 Å². The molecule has 0 bridgehead atoms. The number of hydrogen-bond acceptors (Lipinski definition) is 5. The van der Waals surface area contributed by atoms with Crippen molar-refractivity contribution < 1.29 is 9.53 Å². The van der Waals surface area contributed by atoms with E-state index < -0.39 is 0 Å². The maximum atomic E-state index is 12.4. The predicted octanol–water partition coefficient (Wildman–Crippen LogP) is 2.13. The van der Waals surface area contributed by atoms with E-state index in [1.54, 1.807) is 30.4 Å². The Hall–Kier alpha value is -2.73. The zero-order chi connectivity index (χ0) is 16.8. The molecule has 1 aromatic heterocycles. The van der Waals surface area contributed by atoms with Crippen molar-refractivity contribution in [2.45, 2.75) is 6.10 Å². The Morgan fingerprint density at radius 2 is 2.08 bits per heavy atom. The molecule has 1 aliphatic heterocycles. The standard InChI is InChI=1S/C18H20N4O2/c1-19-18-17(20-9-10-21-18)15-13-22(11-12-24-15)16(23)8-7-14-5-3-2-4-6-14/h2-10,15H,11-13H2,1H3,(H,19,21)/b8-7+/t15-/m0/s1. The first-order chi connectivity index (χ1) is 11.8. The second-order valence-corrected chi connectivity index (χ2v) is 5.43. The highest BCUT2D eigenvalue weighted by Gasteiger charge is 2.27. The number of carbonyl (C=O) groups excluding carboxylic acids is 1. The van der Waals surface area contributed by atoms with Crippen molar-refractivity contribution in [3.63, 3.8) is 0 Å². The molecule has 124 valence electrons. The molecule has 0 spiro atoms. The van der Waals surface area contributed by atoms with Gasteiger partial charge in [-0.25, -0.2) is 4.98 Å². The SMILES string of the molecule is CNc1nccnc1[C@@H]1CN(C(=O)/C=C/c2ccccc2)CCO1. The number of hydrogen-bond donors (Lipinski definition) is 1. The number of nitrogens with zero attached hydrogens (tertiary/aromatic N) is 3. The minimum absolute atomic E-state index is 0.0259. The first-order valence-electron chi connectivity index (χ1n) is 7.90. The van der Waals surface area contributed by atoms with Gasteiger partial charge in [0.2, 0.25) is 5.91 Å². The van der Waals surface area contributed by atoms with Crippen molar-refractivity contribution in [3.8, 4) is 0 Å². The highest BCUT2D eigenvalue weighted by atomic mass is 16.5. The van der Waals surface area contributed by atoms with Gasteiger partial charge in [-0.2, -0.15) is 0 Å². The molecule has 1 atom stereocenters. The molecular weight excluding hydrogens is 304 g/mol. The number of anilines is 1. The molecular formula is C18H20N4O2. The number of carbonyl (C=O) groups is 1. The number of morpholine rings is 1. The van der Waals surface area contributed by atoms with E-state index in [-0.39, 0.29) is 12.0 Å². The van der Waals surface area contributed by atoms with Gasteiger partial charge in [0.05, 0.1) is 13.2 Å². The fraction of sp³-hybridized carbons (Fsp3) is 0.278. The van der Waals surface area contributed by atoms with Crippen molar-refractivity contribution in [1.82, 2.24) is 14.9 Å². The molecule has 6 nitrogen and oxygen atoms in total. The van der Waals surface area contributed by atoms with Crippen LogP contribution in [0.25, 0.3) is 6.08 Å². The minimum atomic E-state index is -0.274. The van der Waals surface area contributed by atoms with E-state index in [0.29, 0.717) is 25.5 Å². The largest absolute Gasteiger partial charge is 0.372 e. The Labute approximate surface area is 141 Å². The lowest BCUT2D eigenvalue weighted by Gasteiger charge is -2.32. The van der Waals surface area contributed by atoms with Crippen LogP contribution in [0, 0.1) is 0 Å². The normalized spacial score (nSPS) is 17.9. The number of nitrogens with one attached hydrogen (secondary N) is 1. The topological polar surface area (TPSA) is 67.4 Å². The van der Waals surface area contributed by atoms with E-state index in [0.717, 1.165) is 11.3 Å². The summed E-state index contributed by atoms with van der Waals surface area (Å²) >= 11 is 0. The summed E-state index contributed by atoms with van der Waals surface area (Å²) in [4.78, 5) is 22.8. The molecule has 2 aromatic rings. The second kappa shape index (κ2) is 7.70. The number of ether oxygens (including phenoxy) is 1. The van der Waals surface area contributed by atoms with E-state index in [4.69, 9.17) is 4.74 Å². The average Bonchev–Trinajstić information content (AvgIpc) is 2.67. The molecule has 1 aliphatic rings. The maximum Gasteiger partial charge on any atom is 0.246 e. The molecule has 0 radical (unpaired) electrons. The van der Waals surface area contributed by atoms with Gasteiger partial charge in [-0.15, -0.1) is 0 Å². The zero-order valence-electron chi connectivity index (χ0n) is 13.6. The molecule has 0 aliphatic carbocycles. The van der Waals surface area contributed by atoms with E-state index in [1.165, 1.54) is 0 Å². The van der Waals surface area contributed by atoms with E-state index >= 15 is 0 Å². The van der Waals surface area contributed by atoms with Crippen molar-refractivity contribution in [2.75, 3.05) is 32.1 Å². The first-order valence-corrected chi connectivity index (χ1v) is 7.90. The molecule has 1 fully saturated rings. The summed E-state index contributed by atoms with van der Waals surface area (Å²) in [5.74, 6) is 0.652. The Kier molecular flexibility index (Phi) is 5.18. The summed E-state index contributed by atoms with van der Waals surface area (Å²) in [5.41, 5.74) is 1.73. The highest BCUT2D eigenvalue weighted by molar-refractivity contribution is 5.91. The third-order valence-corrected chi connectivity index (χ3v) is 3.86. The van der Waals surface area contributed by atoms with Gasteiger partial charge in [-0.05, 0) is 11.6 Å². The number of amides is 1. The molecule has 0 unspecified atom stereocenters. The van der Waals surface area contributed by atoms with E-state index in [9.17, 15) is 4.79 Å². The summed E-state index contributed by atoms with van der Waals surface area (Å²) in [6.45, 7) is 1.52. The van der Waals surface area contributed by atoms with Crippen LogP contribution in [0.2, 0.25) is 0 Å². The molecule has 3 rings (SSSR count). The molecule has 1 aromatic carbocycles. The van der Waals surface area contributed by atoms with Crippen LogP contribution in [0.1, 0.15) is 17.4 Å². The summed E-state index contributed by atoms with van der Waals surface area (Å²) < 4.78 is 5.79. The average molecular weight is 324 g/mol. The monoisotopic (exact) mass is 324 g/mol. The van der Waals surface area contributed by atoms with Gasteiger partial charge in [-0.1, -0.05) is 30.3 Å². The first kappa shape index (κ1) is 16.1. The molecule has 1 amide bonds. The lowest BCUT2D eigenvalue weighted by molar-refractivity contribution is -0.133. The van der Waals surface area contributed by atoms with Crippen LogP contribution in [0.15, 0.2) is 48.8 Å². The Bertz CT molecular complexity index is 718. The van der Waals surface area contributed by atoms with Crippen LogP contribution in [-0.4, -0.2) is 47.5 Å². The fourth-order valence-electron chi connectivity index (χ4n) is 2.63. The quantitative estimate of drug-likeness (QED) is 0.873. The van der Waals surface area contributed by atoms with E-state index in [2.05, 4.69) is 15.3 Å². The third kappa shape index (κ3) is 3.78. The van der Waals surface area contributed by atoms with Crippen LogP contribution < -0.4 is 5.32 Å². The molecule has 24 heavy (non-hydrogen) atoms. The van der Waals surface area contributed by atoms with Crippen LogP contribution in [-0.2, 0) is 9.53 Å². The molecule has 1 saturated heterocycles. The van der Waals surface area contributed by atoms with Crippen molar-refractivity contribution in [2.24, 2.45) is 0 Å². The zero-order valence-corrected chi connectivity index (χ0v) is 13.6. The van der Waals surface area contributed by atoms with Gasteiger partial charge in [-0.3, -0.25) is 9.78 Å². The van der Waals surface area contributed by atoms with Crippen molar-refractivity contribution in [3.05, 3.63) is 60.1 Å². The Morgan fingerprint density at radius 1 is 1.29 bits per heavy atom. The lowest BCUT2D eigenvalue weighted by Crippen LogP contribution is -2.41. The maximum absolute atomic E-state index is 12.4. The van der Waals surface area contributed by atoms with Crippen LogP contribution in [0.5, 0.6) is 0 Å².